The highest BCUT2D eigenvalue weighted by molar-refractivity contribution is 7.91. The van der Waals surface area contributed by atoms with Crippen molar-refractivity contribution in [2.75, 3.05) is 38.2 Å². The third-order valence-electron chi connectivity index (χ3n) is 3.54. The molecule has 0 aromatic rings. The molecular formula is C12H25N3O3S. The fourth-order valence-corrected chi connectivity index (χ4v) is 3.66. The number of carbonyl (C=O) groups excluding carboxylic acids is 1. The molecule has 0 radical (unpaired) electrons. The van der Waals surface area contributed by atoms with Gasteiger partial charge in [0, 0.05) is 25.6 Å². The van der Waals surface area contributed by atoms with Crippen LogP contribution in [0.15, 0.2) is 0 Å². The van der Waals surface area contributed by atoms with Gasteiger partial charge < -0.3 is 11.1 Å². The van der Waals surface area contributed by atoms with E-state index in [-0.39, 0.29) is 17.9 Å². The molecule has 112 valence electrons. The summed E-state index contributed by atoms with van der Waals surface area (Å²) < 4.78 is 23.6. The molecule has 0 aliphatic carbocycles. The molecule has 1 aliphatic rings. The molecule has 1 saturated heterocycles. The number of sulfone groups is 1. The molecule has 6 nitrogen and oxygen atoms in total. The van der Waals surface area contributed by atoms with Crippen LogP contribution in [0.4, 0.5) is 0 Å². The first-order valence-electron chi connectivity index (χ1n) is 6.82. The van der Waals surface area contributed by atoms with E-state index in [9.17, 15) is 13.2 Å². The lowest BCUT2D eigenvalue weighted by molar-refractivity contribution is -0.117. The highest BCUT2D eigenvalue weighted by Gasteiger charge is 2.23. The van der Waals surface area contributed by atoms with E-state index in [1.54, 1.807) is 0 Å². The summed E-state index contributed by atoms with van der Waals surface area (Å²) >= 11 is 0. The molecule has 1 heterocycles. The smallest absolute Gasteiger partial charge is 0.218 e. The monoisotopic (exact) mass is 291 g/mol. The van der Waals surface area contributed by atoms with Crippen molar-refractivity contribution in [3.63, 3.8) is 0 Å². The van der Waals surface area contributed by atoms with E-state index >= 15 is 0 Å². The van der Waals surface area contributed by atoms with E-state index in [2.05, 4.69) is 10.2 Å². The number of carbonyl (C=O) groups is 1. The van der Waals surface area contributed by atoms with Gasteiger partial charge in [0.1, 0.15) is 0 Å². The lowest BCUT2D eigenvalue weighted by Gasteiger charge is -2.35. The van der Waals surface area contributed by atoms with Crippen molar-refractivity contribution in [1.29, 1.82) is 0 Å². The van der Waals surface area contributed by atoms with Gasteiger partial charge in [0.2, 0.25) is 5.91 Å². The zero-order valence-corrected chi connectivity index (χ0v) is 12.4. The SMILES string of the molecule is CNCC1CCCCN1CCS(=O)(=O)CCC(N)=O. The molecule has 1 atom stereocenters. The van der Waals surface area contributed by atoms with Gasteiger partial charge in [0.25, 0.3) is 0 Å². The van der Waals surface area contributed by atoms with Crippen LogP contribution in [-0.2, 0) is 14.6 Å². The number of nitrogens with one attached hydrogen (secondary N) is 1. The van der Waals surface area contributed by atoms with Crippen molar-refractivity contribution < 1.29 is 13.2 Å². The van der Waals surface area contributed by atoms with Crippen LogP contribution in [0.25, 0.3) is 0 Å². The number of hydrogen-bond acceptors (Lipinski definition) is 5. The molecule has 1 rings (SSSR count). The van der Waals surface area contributed by atoms with Gasteiger partial charge in [-0.25, -0.2) is 8.42 Å². The Balaban J connectivity index is 2.42. The zero-order chi connectivity index (χ0) is 14.3. The van der Waals surface area contributed by atoms with Gasteiger partial charge in [-0.15, -0.1) is 0 Å². The Morgan fingerprint density at radius 2 is 2.11 bits per heavy atom. The lowest BCUT2D eigenvalue weighted by Crippen LogP contribution is -2.46. The topological polar surface area (TPSA) is 92.5 Å². The Bertz CT molecular complexity index is 382. The van der Waals surface area contributed by atoms with Crippen LogP contribution in [0.3, 0.4) is 0 Å². The second kappa shape index (κ2) is 7.81. The highest BCUT2D eigenvalue weighted by Crippen LogP contribution is 2.16. The second-order valence-corrected chi connectivity index (χ2v) is 7.42. The Hall–Kier alpha value is -0.660. The Kier molecular flexibility index (Phi) is 6.74. The average molecular weight is 291 g/mol. The van der Waals surface area contributed by atoms with E-state index in [4.69, 9.17) is 5.73 Å². The predicted molar refractivity (Wildman–Crippen MR) is 75.6 cm³/mol. The summed E-state index contributed by atoms with van der Waals surface area (Å²) in [6.45, 7) is 2.40. The quantitative estimate of drug-likeness (QED) is 0.620. The Morgan fingerprint density at radius 1 is 1.37 bits per heavy atom. The molecular weight excluding hydrogens is 266 g/mol. The van der Waals surface area contributed by atoms with Gasteiger partial charge in [0.15, 0.2) is 9.84 Å². The Labute approximate surface area is 115 Å². The van der Waals surface area contributed by atoms with E-state index in [0.29, 0.717) is 12.6 Å². The third kappa shape index (κ3) is 6.35. The summed E-state index contributed by atoms with van der Waals surface area (Å²) in [4.78, 5) is 12.9. The summed E-state index contributed by atoms with van der Waals surface area (Å²) in [5, 5.41) is 3.15. The minimum atomic E-state index is -3.18. The molecule has 1 fully saturated rings. The number of hydrogen-bond donors (Lipinski definition) is 2. The number of nitrogens with zero attached hydrogens (tertiary/aromatic N) is 1. The first-order chi connectivity index (χ1) is 8.94. The van der Waals surface area contributed by atoms with Gasteiger partial charge in [-0.1, -0.05) is 6.42 Å². The normalized spacial score (nSPS) is 21.4. The van der Waals surface area contributed by atoms with Crippen LogP contribution in [-0.4, -0.2) is 63.5 Å². The number of piperidine rings is 1. The maximum Gasteiger partial charge on any atom is 0.218 e. The summed E-state index contributed by atoms with van der Waals surface area (Å²) in [6, 6.07) is 0.421. The minimum Gasteiger partial charge on any atom is -0.370 e. The standard InChI is InChI=1S/C12H25N3O3S/c1-14-10-11-4-2-3-6-15(11)7-9-19(17,18)8-5-12(13)16/h11,14H,2-10H2,1H3,(H2,13,16). The molecule has 0 saturated carbocycles. The van der Waals surface area contributed by atoms with E-state index in [1.807, 2.05) is 7.05 Å². The van der Waals surface area contributed by atoms with Crippen molar-refractivity contribution in [1.82, 2.24) is 10.2 Å². The van der Waals surface area contributed by atoms with Crippen LogP contribution >= 0.6 is 0 Å². The number of primary amides is 1. The fraction of sp³-hybridized carbons (Fsp3) is 0.917. The molecule has 1 unspecified atom stereocenters. The summed E-state index contributed by atoms with van der Waals surface area (Å²) in [5.74, 6) is -0.581. The largest absolute Gasteiger partial charge is 0.370 e. The number of amides is 1. The Morgan fingerprint density at radius 3 is 2.74 bits per heavy atom. The van der Waals surface area contributed by atoms with Gasteiger partial charge in [-0.2, -0.15) is 0 Å². The number of nitrogens with two attached hydrogens (primary N) is 1. The summed E-state index contributed by atoms with van der Waals surface area (Å²) in [5.41, 5.74) is 4.98. The average Bonchev–Trinajstić information content (AvgIpc) is 2.36. The predicted octanol–water partition coefficient (Wildman–Crippen LogP) is -0.649. The third-order valence-corrected chi connectivity index (χ3v) is 5.17. The maximum atomic E-state index is 11.8. The molecule has 0 bridgehead atoms. The fourth-order valence-electron chi connectivity index (χ4n) is 2.44. The van der Waals surface area contributed by atoms with Crippen molar-refractivity contribution in [3.8, 4) is 0 Å². The molecule has 1 aliphatic heterocycles. The number of likely N-dealkylation sites (tertiary alicyclic amines) is 1. The van der Waals surface area contributed by atoms with Gasteiger partial charge in [-0.3, -0.25) is 9.69 Å². The van der Waals surface area contributed by atoms with Gasteiger partial charge >= 0.3 is 0 Å². The second-order valence-electron chi connectivity index (χ2n) is 5.11. The van der Waals surface area contributed by atoms with Crippen LogP contribution in [0.2, 0.25) is 0 Å². The van der Waals surface area contributed by atoms with Crippen LogP contribution < -0.4 is 11.1 Å². The van der Waals surface area contributed by atoms with Crippen LogP contribution in [0.5, 0.6) is 0 Å². The molecule has 0 aromatic heterocycles. The van der Waals surface area contributed by atoms with Gasteiger partial charge in [0.05, 0.1) is 11.5 Å². The summed E-state index contributed by atoms with van der Waals surface area (Å²) in [7, 11) is -1.26. The molecule has 19 heavy (non-hydrogen) atoms. The molecule has 1 amide bonds. The number of likely N-dealkylation sites (N-methyl/N-ethyl adjacent to an activating group) is 1. The zero-order valence-electron chi connectivity index (χ0n) is 11.6. The maximum absolute atomic E-state index is 11.8. The van der Waals surface area contributed by atoms with Crippen LogP contribution in [0.1, 0.15) is 25.7 Å². The van der Waals surface area contributed by atoms with E-state index in [1.165, 1.54) is 6.42 Å². The van der Waals surface area contributed by atoms with Crippen molar-refractivity contribution >= 4 is 15.7 Å². The van der Waals surface area contributed by atoms with E-state index in [0.717, 1.165) is 25.9 Å². The minimum absolute atomic E-state index is 0.0811. The van der Waals surface area contributed by atoms with Crippen molar-refractivity contribution in [2.24, 2.45) is 5.73 Å². The van der Waals surface area contributed by atoms with Gasteiger partial charge in [-0.05, 0) is 26.4 Å². The van der Waals surface area contributed by atoms with E-state index < -0.39 is 15.7 Å². The lowest BCUT2D eigenvalue weighted by atomic mass is 10.0. The van der Waals surface area contributed by atoms with Crippen molar-refractivity contribution in [3.05, 3.63) is 0 Å². The molecule has 7 heteroatoms. The molecule has 3 N–H and O–H groups in total. The highest BCUT2D eigenvalue weighted by atomic mass is 32.2. The van der Waals surface area contributed by atoms with Crippen LogP contribution in [0, 0.1) is 0 Å². The first kappa shape index (κ1) is 16.4. The molecule has 0 spiro atoms. The van der Waals surface area contributed by atoms with Crippen molar-refractivity contribution in [2.45, 2.75) is 31.7 Å². The first-order valence-corrected chi connectivity index (χ1v) is 8.64. The molecule has 0 aromatic carbocycles. The number of rotatable bonds is 8. The summed E-state index contributed by atoms with van der Waals surface area (Å²) in [6.07, 6.45) is 3.36.